The van der Waals surface area contributed by atoms with Crippen molar-refractivity contribution >= 4 is 18.0 Å². The van der Waals surface area contributed by atoms with Crippen LogP contribution in [0.1, 0.15) is 11.1 Å². The van der Waals surface area contributed by atoms with Gasteiger partial charge >= 0.3 is 5.97 Å². The molecular formula is C22H19NO3. The Kier molecular flexibility index (Phi) is 3.76. The number of carbonyl (C=O) groups excluding carboxylic acids is 2. The number of fused-ring (bicyclic) bond motifs is 1. The summed E-state index contributed by atoms with van der Waals surface area (Å²) in [5.41, 5.74) is 0.0460. The van der Waals surface area contributed by atoms with E-state index in [2.05, 4.69) is 5.32 Å². The molecule has 4 rings (SSSR count). The van der Waals surface area contributed by atoms with Crippen LogP contribution in [0.2, 0.25) is 0 Å². The topological polar surface area (TPSA) is 55.4 Å². The molecule has 0 saturated heterocycles. The lowest BCUT2D eigenvalue weighted by Crippen LogP contribution is -2.45. The zero-order valence-corrected chi connectivity index (χ0v) is 14.4. The number of methoxy groups -OCH3 is 1. The van der Waals surface area contributed by atoms with E-state index < -0.39 is 11.0 Å². The number of esters is 1. The highest BCUT2D eigenvalue weighted by molar-refractivity contribution is 6.00. The molecule has 2 aromatic carbocycles. The fourth-order valence-electron chi connectivity index (χ4n) is 4.19. The molecule has 3 atom stereocenters. The van der Waals surface area contributed by atoms with Gasteiger partial charge in [-0.05, 0) is 17.2 Å². The number of nitrogens with one attached hydrogen (secondary N) is 1. The van der Waals surface area contributed by atoms with Crippen molar-refractivity contribution in [1.82, 2.24) is 5.32 Å². The summed E-state index contributed by atoms with van der Waals surface area (Å²) in [5.74, 6) is -0.749. The van der Waals surface area contributed by atoms with Crippen molar-refractivity contribution in [3.63, 3.8) is 0 Å². The lowest BCUT2D eigenvalue weighted by Gasteiger charge is -2.23. The van der Waals surface area contributed by atoms with E-state index in [9.17, 15) is 9.59 Å². The van der Waals surface area contributed by atoms with Gasteiger partial charge < -0.3 is 10.1 Å². The van der Waals surface area contributed by atoms with Crippen LogP contribution in [0.25, 0.3) is 6.08 Å². The normalized spacial score (nSPS) is 29.1. The minimum absolute atomic E-state index is 0.192. The number of amides is 1. The number of benzene rings is 2. The second-order valence-corrected chi connectivity index (χ2v) is 6.60. The van der Waals surface area contributed by atoms with Crippen LogP contribution in [-0.4, -0.2) is 24.5 Å². The smallest absolute Gasteiger partial charge is 0.319 e. The van der Waals surface area contributed by atoms with Gasteiger partial charge in [0.2, 0.25) is 5.91 Å². The van der Waals surface area contributed by atoms with Crippen LogP contribution >= 0.6 is 0 Å². The molecule has 26 heavy (non-hydrogen) atoms. The highest BCUT2D eigenvalue weighted by Crippen LogP contribution is 2.66. The zero-order valence-electron chi connectivity index (χ0n) is 14.4. The van der Waals surface area contributed by atoms with Gasteiger partial charge in [-0.1, -0.05) is 78.9 Å². The maximum atomic E-state index is 12.9. The van der Waals surface area contributed by atoms with E-state index in [1.165, 1.54) is 13.2 Å². The standard InChI is InChI=1S/C22H19NO3/c1-26-20(25)22(17-10-6-3-7-11-17)18-12-13-19(24)23-21(18,22)15-14-16-8-4-2-5-9-16/h2-15,18H,1H3,(H,23,24). The third kappa shape index (κ3) is 2.15. The first-order chi connectivity index (χ1) is 12.6. The number of carbonyl (C=O) groups is 2. The molecule has 0 bridgehead atoms. The molecule has 1 amide bonds. The number of ether oxygens (including phenoxy) is 1. The van der Waals surface area contributed by atoms with Crippen molar-refractivity contribution in [2.75, 3.05) is 7.11 Å². The van der Waals surface area contributed by atoms with E-state index in [1.807, 2.05) is 78.9 Å². The van der Waals surface area contributed by atoms with Crippen LogP contribution in [0.3, 0.4) is 0 Å². The van der Waals surface area contributed by atoms with Crippen molar-refractivity contribution in [3.8, 4) is 0 Å². The molecule has 1 fully saturated rings. The lowest BCUT2D eigenvalue weighted by atomic mass is 9.89. The van der Waals surface area contributed by atoms with E-state index in [1.54, 1.807) is 0 Å². The highest BCUT2D eigenvalue weighted by Gasteiger charge is 2.81. The van der Waals surface area contributed by atoms with Crippen LogP contribution in [0, 0.1) is 5.92 Å². The maximum Gasteiger partial charge on any atom is 0.319 e. The molecular weight excluding hydrogens is 326 g/mol. The number of hydrogen-bond donors (Lipinski definition) is 1. The largest absolute Gasteiger partial charge is 0.468 e. The van der Waals surface area contributed by atoms with E-state index >= 15 is 0 Å². The van der Waals surface area contributed by atoms with Gasteiger partial charge in [-0.3, -0.25) is 9.59 Å². The lowest BCUT2D eigenvalue weighted by molar-refractivity contribution is -0.144. The van der Waals surface area contributed by atoms with Crippen molar-refractivity contribution in [1.29, 1.82) is 0 Å². The first-order valence-electron chi connectivity index (χ1n) is 8.54. The molecule has 3 unspecified atom stereocenters. The van der Waals surface area contributed by atoms with Gasteiger partial charge in [-0.25, -0.2) is 0 Å². The summed E-state index contributed by atoms with van der Waals surface area (Å²) in [6, 6.07) is 19.3. The fraction of sp³-hybridized carbons (Fsp3) is 0.182. The zero-order chi connectivity index (χ0) is 18.2. The van der Waals surface area contributed by atoms with Crippen LogP contribution in [0.15, 0.2) is 78.9 Å². The highest BCUT2D eigenvalue weighted by atomic mass is 16.5. The third-order valence-electron chi connectivity index (χ3n) is 5.37. The van der Waals surface area contributed by atoms with E-state index in [4.69, 9.17) is 4.74 Å². The number of rotatable bonds is 4. The Bertz CT molecular complexity index is 903. The predicted octanol–water partition coefficient (Wildman–Crippen LogP) is 2.87. The summed E-state index contributed by atoms with van der Waals surface area (Å²) in [7, 11) is 1.39. The Balaban J connectivity index is 1.86. The maximum absolute atomic E-state index is 12.9. The Morgan fingerprint density at radius 2 is 1.73 bits per heavy atom. The molecule has 1 N–H and O–H groups in total. The first-order valence-corrected chi connectivity index (χ1v) is 8.54. The third-order valence-corrected chi connectivity index (χ3v) is 5.37. The quantitative estimate of drug-likeness (QED) is 0.867. The van der Waals surface area contributed by atoms with Crippen LogP contribution < -0.4 is 5.32 Å². The monoisotopic (exact) mass is 345 g/mol. The van der Waals surface area contributed by atoms with Gasteiger partial charge in [-0.2, -0.15) is 0 Å². The van der Waals surface area contributed by atoms with E-state index in [-0.39, 0.29) is 17.8 Å². The molecule has 0 radical (unpaired) electrons. The minimum Gasteiger partial charge on any atom is -0.468 e. The van der Waals surface area contributed by atoms with Gasteiger partial charge in [0.15, 0.2) is 0 Å². The summed E-state index contributed by atoms with van der Waals surface area (Å²) >= 11 is 0. The molecule has 1 aliphatic carbocycles. The summed E-state index contributed by atoms with van der Waals surface area (Å²) < 4.78 is 5.18. The summed E-state index contributed by atoms with van der Waals surface area (Å²) in [6.45, 7) is 0. The molecule has 4 nitrogen and oxygen atoms in total. The predicted molar refractivity (Wildman–Crippen MR) is 99.1 cm³/mol. The van der Waals surface area contributed by atoms with Gasteiger partial charge in [0, 0.05) is 5.92 Å². The SMILES string of the molecule is COC(=O)C1(c2ccccc2)C2C=CC(=O)NC21C=Cc1ccccc1. The van der Waals surface area contributed by atoms with Crippen LogP contribution in [-0.2, 0) is 19.7 Å². The van der Waals surface area contributed by atoms with E-state index in [0.717, 1.165) is 11.1 Å². The molecule has 1 saturated carbocycles. The second kappa shape index (κ2) is 5.99. The molecule has 2 aromatic rings. The summed E-state index contributed by atoms with van der Waals surface area (Å²) in [6.07, 6.45) is 7.18. The van der Waals surface area contributed by atoms with Crippen LogP contribution in [0.4, 0.5) is 0 Å². The molecule has 1 aliphatic heterocycles. The molecule has 2 aliphatic rings. The van der Waals surface area contributed by atoms with Crippen LogP contribution in [0.5, 0.6) is 0 Å². The average Bonchev–Trinajstić information content (AvgIpc) is 3.30. The Labute approximate surface area is 152 Å². The first kappa shape index (κ1) is 16.3. The van der Waals surface area contributed by atoms with Crippen molar-refractivity contribution in [2.24, 2.45) is 5.92 Å². The Morgan fingerprint density at radius 1 is 1.08 bits per heavy atom. The molecule has 0 aromatic heterocycles. The average molecular weight is 345 g/mol. The fourth-order valence-corrected chi connectivity index (χ4v) is 4.19. The Hall–Kier alpha value is -3.14. The van der Waals surface area contributed by atoms with Gasteiger partial charge in [0.1, 0.15) is 5.41 Å². The van der Waals surface area contributed by atoms with Crippen molar-refractivity contribution in [3.05, 3.63) is 90.0 Å². The molecule has 1 heterocycles. The molecule has 0 spiro atoms. The second-order valence-electron chi connectivity index (χ2n) is 6.60. The van der Waals surface area contributed by atoms with Gasteiger partial charge in [0.25, 0.3) is 0 Å². The van der Waals surface area contributed by atoms with Crippen molar-refractivity contribution in [2.45, 2.75) is 11.0 Å². The van der Waals surface area contributed by atoms with Crippen molar-refractivity contribution < 1.29 is 14.3 Å². The summed E-state index contributed by atoms with van der Waals surface area (Å²) in [5, 5.41) is 3.03. The van der Waals surface area contributed by atoms with Gasteiger partial charge in [0.05, 0.1) is 12.6 Å². The van der Waals surface area contributed by atoms with E-state index in [0.29, 0.717) is 0 Å². The van der Waals surface area contributed by atoms with Gasteiger partial charge in [-0.15, -0.1) is 0 Å². The molecule has 130 valence electrons. The number of hydrogen-bond acceptors (Lipinski definition) is 3. The molecule has 4 heteroatoms. The summed E-state index contributed by atoms with van der Waals surface area (Å²) in [4.78, 5) is 25.1. The Morgan fingerprint density at radius 3 is 2.38 bits per heavy atom. The minimum atomic E-state index is -0.961.